The van der Waals surface area contributed by atoms with Crippen LogP contribution >= 0.6 is 11.3 Å². The Balaban J connectivity index is 1.67. The van der Waals surface area contributed by atoms with Crippen LogP contribution in [-0.2, 0) is 12.8 Å². The molecule has 0 spiro atoms. The summed E-state index contributed by atoms with van der Waals surface area (Å²) >= 11 is 1.64. The third-order valence-electron chi connectivity index (χ3n) is 3.23. The zero-order valence-corrected chi connectivity index (χ0v) is 11.4. The molecule has 0 aliphatic rings. The molecule has 3 rings (SSSR count). The van der Waals surface area contributed by atoms with Crippen molar-refractivity contribution < 1.29 is 0 Å². The number of aryl methyl sites for hydroxylation is 2. The minimum absolute atomic E-state index is 1.07. The van der Waals surface area contributed by atoms with Gasteiger partial charge in [0.15, 0.2) is 0 Å². The maximum atomic E-state index is 4.33. The fourth-order valence-electron chi connectivity index (χ4n) is 2.13. The van der Waals surface area contributed by atoms with Gasteiger partial charge in [-0.05, 0) is 24.0 Å². The summed E-state index contributed by atoms with van der Waals surface area (Å²) in [4.78, 5) is 4.33. The maximum absolute atomic E-state index is 4.33. The molecule has 94 valence electrons. The van der Waals surface area contributed by atoms with E-state index in [-0.39, 0.29) is 0 Å². The summed E-state index contributed by atoms with van der Waals surface area (Å²) in [6, 6.07) is 19.4. The van der Waals surface area contributed by atoms with Gasteiger partial charge in [-0.25, -0.2) is 4.98 Å². The summed E-state index contributed by atoms with van der Waals surface area (Å²) in [5.41, 5.74) is 6.91. The van der Waals surface area contributed by atoms with Crippen molar-refractivity contribution in [2.24, 2.45) is 0 Å². The molecule has 0 fully saturated rings. The molecule has 0 N–H and O–H groups in total. The quantitative estimate of drug-likeness (QED) is 0.672. The number of nitrogens with zero attached hydrogens (tertiary/aromatic N) is 1. The molecular formula is C17H15NS. The van der Waals surface area contributed by atoms with E-state index in [4.69, 9.17) is 0 Å². The van der Waals surface area contributed by atoms with Crippen LogP contribution in [0.3, 0.4) is 0 Å². The monoisotopic (exact) mass is 265 g/mol. The molecule has 1 aromatic heterocycles. The van der Waals surface area contributed by atoms with Crippen LogP contribution in [0.4, 0.5) is 0 Å². The highest BCUT2D eigenvalue weighted by Crippen LogP contribution is 2.19. The lowest BCUT2D eigenvalue weighted by atomic mass is 10.0. The van der Waals surface area contributed by atoms with Gasteiger partial charge < -0.3 is 0 Å². The van der Waals surface area contributed by atoms with E-state index in [2.05, 4.69) is 65.0 Å². The molecule has 3 aromatic rings. The summed E-state index contributed by atoms with van der Waals surface area (Å²) in [7, 11) is 0. The Morgan fingerprint density at radius 1 is 0.789 bits per heavy atom. The Morgan fingerprint density at radius 2 is 1.47 bits per heavy atom. The predicted molar refractivity (Wildman–Crippen MR) is 81.4 cm³/mol. The van der Waals surface area contributed by atoms with Crippen molar-refractivity contribution >= 4 is 11.3 Å². The fourth-order valence-corrected chi connectivity index (χ4v) is 2.69. The number of benzene rings is 2. The van der Waals surface area contributed by atoms with Gasteiger partial charge in [0.2, 0.25) is 0 Å². The second-order valence-electron chi connectivity index (χ2n) is 4.56. The third-order valence-corrected chi connectivity index (χ3v) is 3.81. The molecule has 0 saturated heterocycles. The van der Waals surface area contributed by atoms with Gasteiger partial charge in [0.1, 0.15) is 0 Å². The van der Waals surface area contributed by atoms with Crippen molar-refractivity contribution in [3.05, 3.63) is 76.6 Å². The van der Waals surface area contributed by atoms with Crippen molar-refractivity contribution in [1.29, 1.82) is 0 Å². The summed E-state index contributed by atoms with van der Waals surface area (Å²) in [6.45, 7) is 0. The molecule has 2 aromatic carbocycles. The first-order valence-electron chi connectivity index (χ1n) is 6.43. The first kappa shape index (κ1) is 12.1. The van der Waals surface area contributed by atoms with Crippen molar-refractivity contribution in [2.75, 3.05) is 0 Å². The molecule has 0 bridgehead atoms. The van der Waals surface area contributed by atoms with Gasteiger partial charge in [-0.2, -0.15) is 0 Å². The van der Waals surface area contributed by atoms with Crippen molar-refractivity contribution in [1.82, 2.24) is 4.98 Å². The standard InChI is InChI=1S/C17H15NS/c1-2-4-14(5-3-1)6-7-15-8-10-16(11-9-15)17-12-19-13-18-17/h1-5,8-13H,6-7H2. The van der Waals surface area contributed by atoms with E-state index in [0.29, 0.717) is 0 Å². The van der Waals surface area contributed by atoms with Gasteiger partial charge in [-0.15, -0.1) is 11.3 Å². The van der Waals surface area contributed by atoms with E-state index < -0.39 is 0 Å². The second-order valence-corrected chi connectivity index (χ2v) is 5.27. The van der Waals surface area contributed by atoms with Crippen LogP contribution < -0.4 is 0 Å². The number of hydrogen-bond acceptors (Lipinski definition) is 2. The third kappa shape index (κ3) is 3.09. The van der Waals surface area contributed by atoms with Crippen LogP contribution in [0.25, 0.3) is 11.3 Å². The molecule has 0 atom stereocenters. The van der Waals surface area contributed by atoms with Crippen LogP contribution in [0.2, 0.25) is 0 Å². The van der Waals surface area contributed by atoms with E-state index >= 15 is 0 Å². The SMILES string of the molecule is c1ccc(CCc2ccc(-c3cscn3)cc2)cc1. The Kier molecular flexibility index (Phi) is 3.70. The minimum Gasteiger partial charge on any atom is -0.245 e. The summed E-state index contributed by atoms with van der Waals surface area (Å²) in [5.74, 6) is 0. The summed E-state index contributed by atoms with van der Waals surface area (Å²) in [6.07, 6.45) is 2.18. The van der Waals surface area contributed by atoms with Crippen LogP contribution in [0.1, 0.15) is 11.1 Å². The van der Waals surface area contributed by atoms with Crippen molar-refractivity contribution in [3.63, 3.8) is 0 Å². The van der Waals surface area contributed by atoms with E-state index in [0.717, 1.165) is 18.5 Å². The van der Waals surface area contributed by atoms with Crippen LogP contribution in [0.5, 0.6) is 0 Å². The molecule has 0 saturated carbocycles. The average molecular weight is 265 g/mol. The second kappa shape index (κ2) is 5.81. The minimum atomic E-state index is 1.07. The maximum Gasteiger partial charge on any atom is 0.0811 e. The molecule has 2 heteroatoms. The summed E-state index contributed by atoms with van der Waals surface area (Å²) < 4.78 is 0. The highest BCUT2D eigenvalue weighted by molar-refractivity contribution is 7.07. The average Bonchev–Trinajstić information content (AvgIpc) is 3.01. The largest absolute Gasteiger partial charge is 0.245 e. The Morgan fingerprint density at radius 3 is 2.11 bits per heavy atom. The van der Waals surface area contributed by atoms with E-state index in [9.17, 15) is 0 Å². The number of thiazole rings is 1. The van der Waals surface area contributed by atoms with E-state index in [1.165, 1.54) is 16.7 Å². The molecule has 0 radical (unpaired) electrons. The van der Waals surface area contributed by atoms with E-state index in [1.54, 1.807) is 11.3 Å². The van der Waals surface area contributed by atoms with Crippen molar-refractivity contribution in [3.8, 4) is 11.3 Å². The highest BCUT2D eigenvalue weighted by Gasteiger charge is 2.00. The zero-order chi connectivity index (χ0) is 12.9. The van der Waals surface area contributed by atoms with Gasteiger partial charge >= 0.3 is 0 Å². The lowest BCUT2D eigenvalue weighted by Crippen LogP contribution is -1.91. The molecule has 1 nitrogen and oxygen atoms in total. The number of rotatable bonds is 4. The topological polar surface area (TPSA) is 12.9 Å². The van der Waals surface area contributed by atoms with Gasteiger partial charge in [0.05, 0.1) is 11.2 Å². The fraction of sp³-hybridized carbons (Fsp3) is 0.118. The molecule has 0 aliphatic carbocycles. The van der Waals surface area contributed by atoms with E-state index in [1.807, 2.05) is 5.51 Å². The smallest absolute Gasteiger partial charge is 0.0811 e. The highest BCUT2D eigenvalue weighted by atomic mass is 32.1. The molecule has 0 amide bonds. The Hall–Kier alpha value is -1.93. The molecule has 0 unspecified atom stereocenters. The van der Waals surface area contributed by atoms with Crippen LogP contribution in [0, 0.1) is 0 Å². The Bertz CT molecular complexity index is 612. The first-order valence-corrected chi connectivity index (χ1v) is 7.37. The van der Waals surface area contributed by atoms with Crippen molar-refractivity contribution in [2.45, 2.75) is 12.8 Å². The van der Waals surface area contributed by atoms with Gasteiger partial charge in [0.25, 0.3) is 0 Å². The zero-order valence-electron chi connectivity index (χ0n) is 10.6. The molecule has 1 heterocycles. The number of aromatic nitrogens is 1. The van der Waals surface area contributed by atoms with Crippen LogP contribution in [0.15, 0.2) is 65.5 Å². The van der Waals surface area contributed by atoms with Gasteiger partial charge in [0, 0.05) is 10.9 Å². The lowest BCUT2D eigenvalue weighted by molar-refractivity contribution is 0.960. The molecule has 19 heavy (non-hydrogen) atoms. The molecular weight excluding hydrogens is 250 g/mol. The first-order chi connectivity index (χ1) is 9.42. The van der Waals surface area contributed by atoms with Gasteiger partial charge in [-0.1, -0.05) is 54.6 Å². The Labute approximate surface area is 117 Å². The van der Waals surface area contributed by atoms with Crippen LogP contribution in [-0.4, -0.2) is 4.98 Å². The lowest BCUT2D eigenvalue weighted by Gasteiger charge is -2.03. The summed E-state index contributed by atoms with van der Waals surface area (Å²) in [5, 5.41) is 2.08. The molecule has 0 aliphatic heterocycles. The number of hydrogen-bond donors (Lipinski definition) is 0. The predicted octanol–water partition coefficient (Wildman–Crippen LogP) is 4.60. The van der Waals surface area contributed by atoms with Gasteiger partial charge in [-0.3, -0.25) is 0 Å². The normalized spacial score (nSPS) is 10.5.